The molecule has 3 aromatic heterocycles. The highest BCUT2D eigenvalue weighted by atomic mass is 16.1. The zero-order chi connectivity index (χ0) is 22.4. The predicted molar refractivity (Wildman–Crippen MR) is 130 cm³/mol. The van der Waals surface area contributed by atoms with Crippen LogP contribution in [0, 0.1) is 0 Å². The molecule has 0 aliphatic rings. The molecule has 0 saturated carbocycles. The summed E-state index contributed by atoms with van der Waals surface area (Å²) in [5, 5.41) is 0.504. The summed E-state index contributed by atoms with van der Waals surface area (Å²) in [5.74, 6) is 0. The fraction of sp³-hybridized carbons (Fsp3) is 0.111. The molecule has 33 heavy (non-hydrogen) atoms. The van der Waals surface area contributed by atoms with Crippen molar-refractivity contribution in [1.82, 2.24) is 24.1 Å². The van der Waals surface area contributed by atoms with E-state index < -0.39 is 0 Å². The summed E-state index contributed by atoms with van der Waals surface area (Å²) in [5.41, 5.74) is 5.45. The third-order valence-electron chi connectivity index (χ3n) is 6.16. The minimum absolute atomic E-state index is 0.113. The van der Waals surface area contributed by atoms with Crippen molar-refractivity contribution in [3.8, 4) is 0 Å². The molecule has 1 unspecified atom stereocenters. The first-order valence-electron chi connectivity index (χ1n) is 11.0. The van der Waals surface area contributed by atoms with E-state index in [-0.39, 0.29) is 11.6 Å². The molecule has 6 nitrogen and oxygen atoms in total. The summed E-state index contributed by atoms with van der Waals surface area (Å²) in [4.78, 5) is 28.3. The Hall–Kier alpha value is -4.32. The van der Waals surface area contributed by atoms with Crippen molar-refractivity contribution < 1.29 is 0 Å². The van der Waals surface area contributed by atoms with Gasteiger partial charge in [-0.2, -0.15) is 0 Å². The highest BCUT2D eigenvalue weighted by Crippen LogP contribution is 2.27. The van der Waals surface area contributed by atoms with Gasteiger partial charge >= 0.3 is 0 Å². The van der Waals surface area contributed by atoms with E-state index in [0.717, 1.165) is 22.2 Å². The van der Waals surface area contributed by atoms with Crippen molar-refractivity contribution in [1.29, 1.82) is 0 Å². The van der Waals surface area contributed by atoms with Gasteiger partial charge in [0, 0.05) is 0 Å². The standard InChI is InChI=1S/C27H21N5O/c1-18(20-12-6-3-7-13-20)32-17-28-25-23(27(32)33)24-26(30-22-15-9-8-14-21(22)29-24)31(25)16-19-10-4-2-5-11-19/h2-15,17-18H,16H2,1H3. The van der Waals surface area contributed by atoms with Crippen LogP contribution in [-0.2, 0) is 6.54 Å². The van der Waals surface area contributed by atoms with E-state index in [4.69, 9.17) is 15.0 Å². The summed E-state index contributed by atoms with van der Waals surface area (Å²) in [6.45, 7) is 2.56. The molecule has 0 radical (unpaired) electrons. The van der Waals surface area contributed by atoms with E-state index in [1.54, 1.807) is 10.9 Å². The molecule has 0 aliphatic heterocycles. The van der Waals surface area contributed by atoms with E-state index in [2.05, 4.69) is 12.1 Å². The molecule has 0 aliphatic carbocycles. The zero-order valence-electron chi connectivity index (χ0n) is 18.1. The maximum atomic E-state index is 13.8. The Morgan fingerprint density at radius 3 is 2.15 bits per heavy atom. The largest absolute Gasteiger partial charge is 0.304 e. The van der Waals surface area contributed by atoms with E-state index in [0.29, 0.717) is 28.7 Å². The third kappa shape index (κ3) is 3.19. The number of fused-ring (bicyclic) bond motifs is 4. The van der Waals surface area contributed by atoms with Crippen molar-refractivity contribution in [3.63, 3.8) is 0 Å². The quantitative estimate of drug-likeness (QED) is 0.396. The van der Waals surface area contributed by atoms with Gasteiger partial charge in [-0.3, -0.25) is 9.36 Å². The Kier molecular flexibility index (Phi) is 4.50. The highest BCUT2D eigenvalue weighted by Gasteiger charge is 2.21. The van der Waals surface area contributed by atoms with Gasteiger partial charge < -0.3 is 4.57 Å². The Morgan fingerprint density at radius 1 is 0.788 bits per heavy atom. The first kappa shape index (κ1) is 19.4. The number of nitrogens with zero attached hydrogens (tertiary/aromatic N) is 5. The summed E-state index contributed by atoms with van der Waals surface area (Å²) in [7, 11) is 0. The summed E-state index contributed by atoms with van der Waals surface area (Å²) >= 11 is 0. The Labute approximate surface area is 189 Å². The summed E-state index contributed by atoms with van der Waals surface area (Å²) < 4.78 is 3.68. The number of rotatable bonds is 4. The lowest BCUT2D eigenvalue weighted by atomic mass is 10.1. The Bertz CT molecular complexity index is 1670. The van der Waals surface area contributed by atoms with Crippen LogP contribution in [-0.4, -0.2) is 24.1 Å². The average molecular weight is 431 g/mol. The van der Waals surface area contributed by atoms with Gasteiger partial charge in [-0.25, -0.2) is 15.0 Å². The van der Waals surface area contributed by atoms with E-state index >= 15 is 0 Å². The van der Waals surface area contributed by atoms with Gasteiger partial charge in [0.15, 0.2) is 11.3 Å². The van der Waals surface area contributed by atoms with E-state index in [1.807, 2.05) is 84.3 Å². The Balaban J connectivity index is 1.65. The van der Waals surface area contributed by atoms with Gasteiger partial charge in [-0.15, -0.1) is 0 Å². The molecule has 3 aromatic carbocycles. The first-order valence-corrected chi connectivity index (χ1v) is 11.0. The fourth-order valence-corrected chi connectivity index (χ4v) is 4.40. The normalized spacial score (nSPS) is 12.5. The van der Waals surface area contributed by atoms with Crippen LogP contribution in [0.4, 0.5) is 0 Å². The van der Waals surface area contributed by atoms with Crippen molar-refractivity contribution >= 4 is 33.2 Å². The van der Waals surface area contributed by atoms with Gasteiger partial charge in [0.1, 0.15) is 17.2 Å². The smallest absolute Gasteiger partial charge is 0.265 e. The van der Waals surface area contributed by atoms with Crippen LogP contribution in [0.25, 0.3) is 33.2 Å². The molecular weight excluding hydrogens is 410 g/mol. The molecule has 6 aromatic rings. The molecule has 6 rings (SSSR count). The molecule has 1 atom stereocenters. The maximum absolute atomic E-state index is 13.8. The SMILES string of the molecule is CC(c1ccccc1)n1cnc2c(c1=O)c1nc3ccccc3nc1n2Cc1ccccc1. The van der Waals surface area contributed by atoms with Crippen LogP contribution in [0.3, 0.4) is 0 Å². The second-order valence-corrected chi connectivity index (χ2v) is 8.20. The van der Waals surface area contributed by atoms with Crippen molar-refractivity contribution in [2.75, 3.05) is 0 Å². The molecule has 0 amide bonds. The topological polar surface area (TPSA) is 65.6 Å². The molecule has 6 heteroatoms. The van der Waals surface area contributed by atoms with E-state index in [9.17, 15) is 4.79 Å². The number of benzene rings is 3. The monoisotopic (exact) mass is 431 g/mol. The van der Waals surface area contributed by atoms with Gasteiger partial charge in [0.05, 0.1) is 23.6 Å². The highest BCUT2D eigenvalue weighted by molar-refractivity contribution is 6.04. The van der Waals surface area contributed by atoms with Crippen LogP contribution >= 0.6 is 0 Å². The fourth-order valence-electron chi connectivity index (χ4n) is 4.40. The average Bonchev–Trinajstić information content (AvgIpc) is 3.16. The van der Waals surface area contributed by atoms with Crippen LogP contribution < -0.4 is 5.56 Å². The number of hydrogen-bond acceptors (Lipinski definition) is 4. The second-order valence-electron chi connectivity index (χ2n) is 8.20. The molecule has 0 saturated heterocycles. The molecule has 0 N–H and O–H groups in total. The van der Waals surface area contributed by atoms with Crippen molar-refractivity contribution in [3.05, 3.63) is 113 Å². The maximum Gasteiger partial charge on any atom is 0.265 e. The number of hydrogen-bond donors (Lipinski definition) is 0. The van der Waals surface area contributed by atoms with Gasteiger partial charge in [-0.1, -0.05) is 72.8 Å². The zero-order valence-corrected chi connectivity index (χ0v) is 18.1. The predicted octanol–water partition coefficient (Wildman–Crippen LogP) is 4.95. The molecule has 160 valence electrons. The van der Waals surface area contributed by atoms with Crippen LogP contribution in [0.5, 0.6) is 0 Å². The van der Waals surface area contributed by atoms with Crippen LogP contribution in [0.2, 0.25) is 0 Å². The molecule has 0 spiro atoms. The number of aromatic nitrogens is 5. The van der Waals surface area contributed by atoms with Crippen LogP contribution in [0.15, 0.2) is 96.1 Å². The van der Waals surface area contributed by atoms with Crippen molar-refractivity contribution in [2.45, 2.75) is 19.5 Å². The third-order valence-corrected chi connectivity index (χ3v) is 6.16. The summed E-state index contributed by atoms with van der Waals surface area (Å²) in [6.07, 6.45) is 1.64. The van der Waals surface area contributed by atoms with Gasteiger partial charge in [0.25, 0.3) is 5.56 Å². The van der Waals surface area contributed by atoms with E-state index in [1.165, 1.54) is 0 Å². The van der Waals surface area contributed by atoms with Gasteiger partial charge in [0.2, 0.25) is 0 Å². The lowest BCUT2D eigenvalue weighted by Crippen LogP contribution is -2.24. The first-order chi connectivity index (χ1) is 16.2. The van der Waals surface area contributed by atoms with Gasteiger partial charge in [-0.05, 0) is 30.2 Å². The minimum atomic E-state index is -0.156. The second kappa shape index (κ2) is 7.67. The minimum Gasteiger partial charge on any atom is -0.304 e. The Morgan fingerprint density at radius 2 is 1.42 bits per heavy atom. The lowest BCUT2D eigenvalue weighted by molar-refractivity contribution is 0.607. The molecule has 0 fully saturated rings. The molecule has 0 bridgehead atoms. The molecule has 3 heterocycles. The lowest BCUT2D eigenvalue weighted by Gasteiger charge is -2.15. The number of para-hydroxylation sites is 2. The van der Waals surface area contributed by atoms with Crippen LogP contribution in [0.1, 0.15) is 24.1 Å². The summed E-state index contributed by atoms with van der Waals surface area (Å²) in [6, 6.07) is 27.7. The molecular formula is C27H21N5O. The van der Waals surface area contributed by atoms with Crippen molar-refractivity contribution in [2.24, 2.45) is 0 Å².